The SMILES string of the molecule is CCCOc1ccc(/C(O)=C2\C(=O)C(=O)N(CCCN3CCOCC3)[C@H]2c2ccc(OC)cc2)cc1. The average Bonchev–Trinajstić information content (AvgIpc) is 3.17. The standard InChI is InChI=1S/C28H34N2O6/c1-3-17-36-23-11-7-21(8-12-23)26(31)24-25(20-5-9-22(34-2)10-6-20)30(28(33)27(24)32)14-4-13-29-15-18-35-19-16-29/h5-12,25,31H,3-4,13-19H2,1-2H3/b26-24+/t25-/m0/s1. The smallest absolute Gasteiger partial charge is 0.295 e. The van der Waals surface area contributed by atoms with E-state index < -0.39 is 17.7 Å². The maximum atomic E-state index is 13.2. The first-order valence-corrected chi connectivity index (χ1v) is 12.5. The minimum atomic E-state index is -0.684. The molecule has 0 spiro atoms. The first kappa shape index (κ1) is 25.7. The van der Waals surface area contributed by atoms with Crippen LogP contribution >= 0.6 is 0 Å². The molecule has 2 aliphatic heterocycles. The lowest BCUT2D eigenvalue weighted by atomic mass is 9.95. The van der Waals surface area contributed by atoms with E-state index in [9.17, 15) is 14.7 Å². The monoisotopic (exact) mass is 494 g/mol. The second-order valence-corrected chi connectivity index (χ2v) is 8.95. The Labute approximate surface area is 212 Å². The van der Waals surface area contributed by atoms with Crippen molar-refractivity contribution in [3.63, 3.8) is 0 Å². The molecule has 2 saturated heterocycles. The third kappa shape index (κ3) is 5.71. The van der Waals surface area contributed by atoms with Crippen molar-refractivity contribution in [3.8, 4) is 11.5 Å². The molecule has 4 rings (SSSR count). The van der Waals surface area contributed by atoms with Crippen molar-refractivity contribution in [1.29, 1.82) is 0 Å². The van der Waals surface area contributed by atoms with Crippen LogP contribution in [-0.4, -0.2) is 79.7 Å². The highest BCUT2D eigenvalue weighted by molar-refractivity contribution is 6.46. The largest absolute Gasteiger partial charge is 0.507 e. The van der Waals surface area contributed by atoms with Crippen molar-refractivity contribution in [1.82, 2.24) is 9.80 Å². The summed E-state index contributed by atoms with van der Waals surface area (Å²) in [5.74, 6) is -0.102. The normalized spacial score (nSPS) is 20.1. The molecule has 2 fully saturated rings. The Morgan fingerprint density at radius 3 is 2.31 bits per heavy atom. The van der Waals surface area contributed by atoms with Gasteiger partial charge in [0.2, 0.25) is 0 Å². The van der Waals surface area contributed by atoms with Crippen molar-refractivity contribution in [2.24, 2.45) is 0 Å². The summed E-state index contributed by atoms with van der Waals surface area (Å²) in [5, 5.41) is 11.2. The quantitative estimate of drug-likeness (QED) is 0.307. The van der Waals surface area contributed by atoms with Gasteiger partial charge >= 0.3 is 0 Å². The second kappa shape index (κ2) is 12.1. The predicted octanol–water partition coefficient (Wildman–Crippen LogP) is 3.63. The molecular formula is C28H34N2O6. The molecule has 2 aromatic rings. The highest BCUT2D eigenvalue weighted by atomic mass is 16.5. The summed E-state index contributed by atoms with van der Waals surface area (Å²) in [7, 11) is 1.58. The Kier molecular flexibility index (Phi) is 8.61. The number of hydrogen-bond donors (Lipinski definition) is 1. The first-order chi connectivity index (χ1) is 17.5. The van der Waals surface area contributed by atoms with Crippen LogP contribution in [0.2, 0.25) is 0 Å². The maximum Gasteiger partial charge on any atom is 0.295 e. The fourth-order valence-electron chi connectivity index (χ4n) is 4.62. The van der Waals surface area contributed by atoms with Gasteiger partial charge in [0.25, 0.3) is 11.7 Å². The number of ketones is 1. The molecule has 0 radical (unpaired) electrons. The number of amides is 1. The van der Waals surface area contributed by atoms with Crippen LogP contribution in [0.4, 0.5) is 0 Å². The van der Waals surface area contributed by atoms with E-state index >= 15 is 0 Å². The lowest BCUT2D eigenvalue weighted by Crippen LogP contribution is -2.38. The molecule has 0 aromatic heterocycles. The summed E-state index contributed by atoms with van der Waals surface area (Å²) >= 11 is 0. The Hall–Kier alpha value is -3.36. The average molecular weight is 495 g/mol. The lowest BCUT2D eigenvalue weighted by molar-refractivity contribution is -0.140. The van der Waals surface area contributed by atoms with Crippen LogP contribution in [0.15, 0.2) is 54.1 Å². The van der Waals surface area contributed by atoms with Crippen LogP contribution in [0, 0.1) is 0 Å². The van der Waals surface area contributed by atoms with Crippen LogP contribution in [-0.2, 0) is 14.3 Å². The molecule has 8 heteroatoms. The molecule has 0 unspecified atom stereocenters. The molecule has 2 aromatic carbocycles. The van der Waals surface area contributed by atoms with Crippen molar-refractivity contribution >= 4 is 17.4 Å². The van der Waals surface area contributed by atoms with E-state index in [1.54, 1.807) is 48.4 Å². The third-order valence-electron chi connectivity index (χ3n) is 6.55. The van der Waals surface area contributed by atoms with E-state index in [-0.39, 0.29) is 11.3 Å². The number of aliphatic hydroxyl groups is 1. The van der Waals surface area contributed by atoms with E-state index in [2.05, 4.69) is 4.90 Å². The minimum Gasteiger partial charge on any atom is -0.507 e. The van der Waals surface area contributed by atoms with Gasteiger partial charge in [0.05, 0.1) is 38.5 Å². The first-order valence-electron chi connectivity index (χ1n) is 12.5. The molecule has 8 nitrogen and oxygen atoms in total. The van der Waals surface area contributed by atoms with Gasteiger partial charge in [-0.1, -0.05) is 19.1 Å². The van der Waals surface area contributed by atoms with E-state index in [1.165, 1.54) is 0 Å². The number of likely N-dealkylation sites (tertiary alicyclic amines) is 1. The molecule has 1 amide bonds. The molecule has 0 saturated carbocycles. The number of carbonyl (C=O) groups excluding carboxylic acids is 2. The van der Waals surface area contributed by atoms with Crippen LogP contribution < -0.4 is 9.47 Å². The van der Waals surface area contributed by atoms with Gasteiger partial charge in [0.1, 0.15) is 17.3 Å². The lowest BCUT2D eigenvalue weighted by Gasteiger charge is -2.29. The van der Waals surface area contributed by atoms with Crippen molar-refractivity contribution in [2.45, 2.75) is 25.8 Å². The van der Waals surface area contributed by atoms with E-state index in [0.717, 1.165) is 31.6 Å². The second-order valence-electron chi connectivity index (χ2n) is 8.95. The number of rotatable bonds is 10. The van der Waals surface area contributed by atoms with Crippen LogP contribution in [0.5, 0.6) is 11.5 Å². The number of hydrogen-bond acceptors (Lipinski definition) is 7. The molecule has 1 N–H and O–H groups in total. The highest BCUT2D eigenvalue weighted by Gasteiger charge is 2.45. The minimum absolute atomic E-state index is 0.0961. The van der Waals surface area contributed by atoms with Gasteiger partial charge in [-0.25, -0.2) is 0 Å². The Morgan fingerprint density at radius 2 is 1.67 bits per heavy atom. The fourth-order valence-corrected chi connectivity index (χ4v) is 4.62. The summed E-state index contributed by atoms with van der Waals surface area (Å²) in [5.41, 5.74) is 1.30. The zero-order valence-corrected chi connectivity index (χ0v) is 20.9. The van der Waals surface area contributed by atoms with Crippen molar-refractivity contribution in [3.05, 3.63) is 65.2 Å². The number of nitrogens with zero attached hydrogens (tertiary/aromatic N) is 2. The Balaban J connectivity index is 1.63. The molecule has 2 aliphatic rings. The zero-order valence-electron chi connectivity index (χ0n) is 20.9. The van der Waals surface area contributed by atoms with E-state index in [1.807, 2.05) is 19.1 Å². The summed E-state index contributed by atoms with van der Waals surface area (Å²) in [4.78, 5) is 30.3. The number of morpholine rings is 1. The van der Waals surface area contributed by atoms with Crippen LogP contribution in [0.1, 0.15) is 36.9 Å². The van der Waals surface area contributed by atoms with Crippen molar-refractivity contribution in [2.75, 3.05) is 53.1 Å². The number of carbonyl (C=O) groups is 2. The van der Waals surface area contributed by atoms with E-state index in [0.29, 0.717) is 49.8 Å². The molecule has 0 bridgehead atoms. The molecular weight excluding hydrogens is 460 g/mol. The topological polar surface area (TPSA) is 88.5 Å². The van der Waals surface area contributed by atoms with Gasteiger partial charge in [0, 0.05) is 31.7 Å². The van der Waals surface area contributed by atoms with Gasteiger partial charge in [-0.05, 0) is 54.8 Å². The van der Waals surface area contributed by atoms with E-state index in [4.69, 9.17) is 14.2 Å². The molecule has 2 heterocycles. The summed E-state index contributed by atoms with van der Waals surface area (Å²) in [6.45, 7) is 6.96. The summed E-state index contributed by atoms with van der Waals surface area (Å²) in [6.07, 6.45) is 1.60. The van der Waals surface area contributed by atoms with Crippen LogP contribution in [0.25, 0.3) is 5.76 Å². The molecule has 192 valence electrons. The fraction of sp³-hybridized carbons (Fsp3) is 0.429. The molecule has 1 atom stereocenters. The van der Waals surface area contributed by atoms with Crippen LogP contribution in [0.3, 0.4) is 0 Å². The Morgan fingerprint density at radius 1 is 1.00 bits per heavy atom. The molecule has 0 aliphatic carbocycles. The summed E-state index contributed by atoms with van der Waals surface area (Å²) in [6, 6.07) is 13.5. The summed E-state index contributed by atoms with van der Waals surface area (Å²) < 4.78 is 16.3. The van der Waals surface area contributed by atoms with Gasteiger partial charge in [-0.2, -0.15) is 0 Å². The van der Waals surface area contributed by atoms with Crippen molar-refractivity contribution < 1.29 is 28.9 Å². The number of aliphatic hydroxyl groups excluding tert-OH is 1. The van der Waals surface area contributed by atoms with Gasteiger partial charge in [0.15, 0.2) is 0 Å². The van der Waals surface area contributed by atoms with Gasteiger partial charge in [-0.15, -0.1) is 0 Å². The third-order valence-corrected chi connectivity index (χ3v) is 6.55. The Bertz CT molecular complexity index is 1070. The zero-order chi connectivity index (χ0) is 25.5. The number of Topliss-reactive ketones (excluding diaryl/α,β-unsaturated/α-hetero) is 1. The number of methoxy groups -OCH3 is 1. The number of benzene rings is 2. The molecule has 36 heavy (non-hydrogen) atoms. The number of ether oxygens (including phenoxy) is 3. The van der Waals surface area contributed by atoms with Gasteiger partial charge in [-0.3, -0.25) is 14.5 Å². The maximum absolute atomic E-state index is 13.2. The predicted molar refractivity (Wildman–Crippen MR) is 136 cm³/mol. The van der Waals surface area contributed by atoms with Gasteiger partial charge < -0.3 is 24.2 Å². The highest BCUT2D eigenvalue weighted by Crippen LogP contribution is 2.40.